The minimum Gasteiger partial charge on any atom is -0.431 e. The van der Waals surface area contributed by atoms with E-state index in [0.717, 1.165) is 36.8 Å². The fourth-order valence-corrected chi connectivity index (χ4v) is 3.24. The van der Waals surface area contributed by atoms with Crippen molar-refractivity contribution in [3.05, 3.63) is 58.9 Å². The number of alkyl halides is 3. The van der Waals surface area contributed by atoms with Crippen LogP contribution in [0, 0.1) is 11.6 Å². The van der Waals surface area contributed by atoms with E-state index in [2.05, 4.69) is 4.74 Å². The van der Waals surface area contributed by atoms with Gasteiger partial charge < -0.3 is 9.47 Å². The number of carbonyl (C=O) groups is 1. The Kier molecular flexibility index (Phi) is 6.43. The smallest absolute Gasteiger partial charge is 0.431 e. The van der Waals surface area contributed by atoms with E-state index < -0.39 is 23.7 Å². The molecule has 160 valence electrons. The van der Waals surface area contributed by atoms with E-state index in [-0.39, 0.29) is 47.5 Å². The molecular formula is C22H19F5O3. The maximum atomic E-state index is 15.0. The number of benzene rings is 2. The van der Waals surface area contributed by atoms with Crippen molar-refractivity contribution < 1.29 is 36.2 Å². The van der Waals surface area contributed by atoms with Gasteiger partial charge in [-0.15, -0.1) is 13.2 Å². The predicted octanol–water partition coefficient (Wildman–Crippen LogP) is 6.55. The first-order valence-corrected chi connectivity index (χ1v) is 9.46. The summed E-state index contributed by atoms with van der Waals surface area (Å²) in [7, 11) is 0. The summed E-state index contributed by atoms with van der Waals surface area (Å²) in [5.41, 5.74) is 0.290. The molecule has 2 aromatic rings. The molecule has 0 fully saturated rings. The maximum Gasteiger partial charge on any atom is 0.573 e. The molecule has 0 aromatic heterocycles. The summed E-state index contributed by atoms with van der Waals surface area (Å²) in [5, 5.41) is 0. The van der Waals surface area contributed by atoms with E-state index >= 15 is 4.39 Å². The molecule has 0 bridgehead atoms. The lowest BCUT2D eigenvalue weighted by atomic mass is 9.91. The predicted molar refractivity (Wildman–Crippen MR) is 100 cm³/mol. The summed E-state index contributed by atoms with van der Waals surface area (Å²) in [6.45, 7) is 1.95. The number of unbranched alkanes of at least 4 members (excludes halogenated alkanes) is 1. The molecule has 0 spiro atoms. The van der Waals surface area contributed by atoms with Gasteiger partial charge >= 0.3 is 12.3 Å². The molecule has 3 rings (SSSR count). The second-order valence-electron chi connectivity index (χ2n) is 6.88. The van der Waals surface area contributed by atoms with Crippen LogP contribution in [0.5, 0.6) is 5.75 Å². The van der Waals surface area contributed by atoms with Gasteiger partial charge in [-0.1, -0.05) is 25.5 Å². The summed E-state index contributed by atoms with van der Waals surface area (Å²) in [5.74, 6) is -2.18. The van der Waals surface area contributed by atoms with Gasteiger partial charge in [-0.3, -0.25) is 4.79 Å². The Morgan fingerprint density at radius 1 is 1.10 bits per heavy atom. The van der Waals surface area contributed by atoms with Crippen molar-refractivity contribution in [1.82, 2.24) is 0 Å². The fraction of sp³-hybridized carbons (Fsp3) is 0.318. The zero-order valence-electron chi connectivity index (χ0n) is 16.1. The standard InChI is InChI=1S/C22H19F5O3/c1-2-3-4-19(28)29-16-9-10-17-14(11-16)12-18(23)20(21(17)24)13-5-7-15(8-6-13)30-22(25,26)27/h5-8,11-12H,2-4,9-10H2,1H3. The van der Waals surface area contributed by atoms with Gasteiger partial charge in [-0.25, -0.2) is 8.78 Å². The van der Waals surface area contributed by atoms with Crippen molar-refractivity contribution >= 4 is 12.0 Å². The number of carbonyl (C=O) groups excluding carboxylic acids is 1. The van der Waals surface area contributed by atoms with Crippen LogP contribution in [0.2, 0.25) is 0 Å². The number of esters is 1. The summed E-state index contributed by atoms with van der Waals surface area (Å²) in [4.78, 5) is 11.8. The first-order chi connectivity index (χ1) is 14.2. The molecule has 0 atom stereocenters. The van der Waals surface area contributed by atoms with Crippen molar-refractivity contribution in [3.63, 3.8) is 0 Å². The number of halogens is 5. The molecule has 0 unspecified atom stereocenters. The molecule has 0 amide bonds. The second kappa shape index (κ2) is 8.85. The van der Waals surface area contributed by atoms with Crippen molar-refractivity contribution in [2.45, 2.75) is 45.4 Å². The molecule has 0 heterocycles. The highest BCUT2D eigenvalue weighted by atomic mass is 19.4. The molecule has 0 aliphatic heterocycles. The van der Waals surface area contributed by atoms with Gasteiger partial charge in [0.15, 0.2) is 0 Å². The molecule has 8 heteroatoms. The monoisotopic (exact) mass is 426 g/mol. The normalized spacial score (nSPS) is 13.5. The zero-order chi connectivity index (χ0) is 21.9. The van der Waals surface area contributed by atoms with E-state index in [1.165, 1.54) is 6.08 Å². The highest BCUT2D eigenvalue weighted by Crippen LogP contribution is 2.36. The van der Waals surface area contributed by atoms with E-state index in [1.807, 2.05) is 6.92 Å². The van der Waals surface area contributed by atoms with Crippen LogP contribution in [0.15, 0.2) is 36.1 Å². The summed E-state index contributed by atoms with van der Waals surface area (Å²) < 4.78 is 75.6. The molecule has 0 radical (unpaired) electrons. The minimum atomic E-state index is -4.85. The Bertz CT molecular complexity index is 962. The maximum absolute atomic E-state index is 15.0. The highest BCUT2D eigenvalue weighted by Gasteiger charge is 2.31. The van der Waals surface area contributed by atoms with Crippen LogP contribution in [0.25, 0.3) is 17.2 Å². The number of rotatable bonds is 6. The minimum absolute atomic E-state index is 0.0862. The molecule has 0 saturated heterocycles. The Morgan fingerprint density at radius 3 is 2.43 bits per heavy atom. The summed E-state index contributed by atoms with van der Waals surface area (Å²) in [6, 6.07) is 5.44. The van der Waals surface area contributed by atoms with E-state index in [0.29, 0.717) is 12.2 Å². The van der Waals surface area contributed by atoms with Crippen LogP contribution in [0.3, 0.4) is 0 Å². The van der Waals surface area contributed by atoms with Gasteiger partial charge in [0.2, 0.25) is 0 Å². The van der Waals surface area contributed by atoms with Crippen LogP contribution >= 0.6 is 0 Å². The fourth-order valence-electron chi connectivity index (χ4n) is 3.24. The Balaban J connectivity index is 1.86. The topological polar surface area (TPSA) is 35.5 Å². The Hall–Kier alpha value is -2.90. The average Bonchev–Trinajstić information content (AvgIpc) is 2.66. The second-order valence-corrected chi connectivity index (χ2v) is 6.88. The number of fused-ring (bicyclic) bond motifs is 1. The van der Waals surface area contributed by atoms with Gasteiger partial charge in [0.05, 0.1) is 5.56 Å². The number of hydrogen-bond acceptors (Lipinski definition) is 3. The van der Waals surface area contributed by atoms with Gasteiger partial charge in [-0.05, 0) is 53.8 Å². The molecule has 0 N–H and O–H groups in total. The largest absolute Gasteiger partial charge is 0.573 e. The molecule has 30 heavy (non-hydrogen) atoms. The van der Waals surface area contributed by atoms with E-state index in [9.17, 15) is 22.4 Å². The number of ether oxygens (including phenoxy) is 2. The lowest BCUT2D eigenvalue weighted by Gasteiger charge is -2.19. The third-order valence-electron chi connectivity index (χ3n) is 4.65. The first-order valence-electron chi connectivity index (χ1n) is 9.46. The van der Waals surface area contributed by atoms with Crippen LogP contribution in [0.4, 0.5) is 22.0 Å². The van der Waals surface area contributed by atoms with Crippen LogP contribution in [-0.4, -0.2) is 12.3 Å². The Morgan fingerprint density at radius 2 is 1.80 bits per heavy atom. The Labute approximate surface area is 170 Å². The van der Waals surface area contributed by atoms with Gasteiger partial charge in [0.1, 0.15) is 23.1 Å². The van der Waals surface area contributed by atoms with Crippen molar-refractivity contribution in [2.75, 3.05) is 0 Å². The quantitative estimate of drug-likeness (QED) is 0.388. The first kappa shape index (κ1) is 21.8. The van der Waals surface area contributed by atoms with Crippen molar-refractivity contribution in [3.8, 4) is 16.9 Å². The van der Waals surface area contributed by atoms with Crippen LogP contribution in [-0.2, 0) is 16.0 Å². The number of hydrogen-bond donors (Lipinski definition) is 0. The average molecular weight is 426 g/mol. The lowest BCUT2D eigenvalue weighted by Crippen LogP contribution is -2.17. The van der Waals surface area contributed by atoms with E-state index in [1.54, 1.807) is 0 Å². The molecule has 0 saturated carbocycles. The third-order valence-corrected chi connectivity index (χ3v) is 4.65. The lowest BCUT2D eigenvalue weighted by molar-refractivity contribution is -0.274. The highest BCUT2D eigenvalue weighted by molar-refractivity contribution is 5.74. The van der Waals surface area contributed by atoms with Crippen LogP contribution in [0.1, 0.15) is 43.7 Å². The molecular weight excluding hydrogens is 407 g/mol. The third kappa shape index (κ3) is 5.17. The van der Waals surface area contributed by atoms with Crippen LogP contribution < -0.4 is 4.74 Å². The molecule has 1 aliphatic carbocycles. The number of allylic oxidation sites excluding steroid dienone is 1. The zero-order valence-corrected chi connectivity index (χ0v) is 16.1. The molecule has 2 aromatic carbocycles. The molecule has 1 aliphatic rings. The summed E-state index contributed by atoms with van der Waals surface area (Å²) >= 11 is 0. The SMILES string of the molecule is CCCCC(=O)OC1=Cc2cc(F)c(-c3ccc(OC(F)(F)F)cc3)c(F)c2CC1. The van der Waals surface area contributed by atoms with Crippen molar-refractivity contribution in [1.29, 1.82) is 0 Å². The summed E-state index contributed by atoms with van der Waals surface area (Å²) in [6.07, 6.45) is -1.10. The molecule has 3 nitrogen and oxygen atoms in total. The van der Waals surface area contributed by atoms with Gasteiger partial charge in [0, 0.05) is 12.8 Å². The van der Waals surface area contributed by atoms with Gasteiger partial charge in [-0.2, -0.15) is 0 Å². The van der Waals surface area contributed by atoms with Gasteiger partial charge in [0.25, 0.3) is 0 Å². The van der Waals surface area contributed by atoms with Crippen molar-refractivity contribution in [2.24, 2.45) is 0 Å². The van der Waals surface area contributed by atoms with E-state index in [4.69, 9.17) is 4.74 Å².